The quantitative estimate of drug-likeness (QED) is 0.0192. The van der Waals surface area contributed by atoms with Gasteiger partial charge in [-0.25, -0.2) is 0 Å². The summed E-state index contributed by atoms with van der Waals surface area (Å²) in [5.74, 6) is -2.75. The van der Waals surface area contributed by atoms with Gasteiger partial charge < -0.3 is 49.7 Å². The number of hydrogen-bond donors (Lipinski definition) is 7. The van der Waals surface area contributed by atoms with Crippen molar-refractivity contribution < 1.29 is 48.6 Å². The van der Waals surface area contributed by atoms with E-state index in [-0.39, 0.29) is 101 Å². The Morgan fingerprint density at radius 1 is 0.431 bits per heavy atom. The number of allylic oxidation sites excluding steroid dienone is 5. The number of pyridine rings is 6. The average molecular weight is 1860 g/mol. The Balaban J connectivity index is 0.000000205. The number of aromatic nitrogens is 10. The number of ketones is 2. The van der Waals surface area contributed by atoms with Crippen LogP contribution in [0.4, 0.5) is 0 Å². The fraction of sp³-hybridized carbons (Fsp3) is 0.376. The van der Waals surface area contributed by atoms with Crippen molar-refractivity contribution in [1.82, 2.24) is 69.5 Å². The Morgan fingerprint density at radius 2 is 0.832 bits per heavy atom. The number of carboxylic acid groups (broad SMARTS) is 2. The fourth-order valence-corrected chi connectivity index (χ4v) is 17.3. The number of H-pyrrole nitrogens is 1. The monoisotopic (exact) mass is 1860 g/mol. The van der Waals surface area contributed by atoms with Crippen molar-refractivity contribution in [2.24, 2.45) is 30.7 Å². The number of carboxylic acids is 2. The molecule has 722 valence electrons. The van der Waals surface area contributed by atoms with E-state index in [9.17, 15) is 67.7 Å². The molecule has 8 heterocycles. The van der Waals surface area contributed by atoms with Crippen LogP contribution in [0.1, 0.15) is 257 Å². The largest absolute Gasteiger partial charge is 0.481 e. The molecule has 4 amide bonds. The summed E-state index contributed by atoms with van der Waals surface area (Å²) in [5.41, 5.74) is 19.6. The van der Waals surface area contributed by atoms with Crippen LogP contribution in [-0.4, -0.2) is 106 Å². The first kappa shape index (κ1) is 106. The van der Waals surface area contributed by atoms with Crippen LogP contribution in [0.15, 0.2) is 244 Å². The number of aryl methyl sites for hydroxylation is 7. The lowest BCUT2D eigenvalue weighted by Gasteiger charge is -2.25. The molecule has 0 aliphatic heterocycles. The molecule has 1 aliphatic rings. The van der Waals surface area contributed by atoms with Crippen LogP contribution in [0.3, 0.4) is 0 Å². The van der Waals surface area contributed by atoms with Crippen molar-refractivity contribution in [1.29, 1.82) is 0 Å². The van der Waals surface area contributed by atoms with Crippen LogP contribution in [0, 0.1) is 72.1 Å². The first-order valence-corrected chi connectivity index (χ1v) is 46.5. The van der Waals surface area contributed by atoms with E-state index in [4.69, 9.17) is 0 Å². The van der Waals surface area contributed by atoms with Crippen molar-refractivity contribution in [3.05, 3.63) is 333 Å². The molecule has 1 aliphatic carbocycles. The number of benzene rings is 3. The Hall–Kier alpha value is -14.4. The van der Waals surface area contributed by atoms with Gasteiger partial charge in [0.1, 0.15) is 35.7 Å². The Morgan fingerprint density at radius 3 is 1.21 bits per heavy atom. The Bertz CT molecular complexity index is 6470. The number of hydrogen-bond acceptors (Lipinski definition) is 16. The molecule has 7 N–H and O–H groups in total. The van der Waals surface area contributed by atoms with E-state index in [1.54, 1.807) is 85.8 Å². The maximum absolute atomic E-state index is 13.5. The van der Waals surface area contributed by atoms with Gasteiger partial charge in [-0.15, -0.1) is 0 Å². The van der Waals surface area contributed by atoms with Crippen molar-refractivity contribution >= 4 is 52.7 Å². The highest BCUT2D eigenvalue weighted by Gasteiger charge is 2.33. The molecule has 1 unspecified atom stereocenters. The predicted molar refractivity (Wildman–Crippen MR) is 535 cm³/mol. The van der Waals surface area contributed by atoms with Crippen LogP contribution in [0.25, 0.3) is 39.0 Å². The van der Waals surface area contributed by atoms with E-state index in [0.717, 1.165) is 113 Å². The first-order chi connectivity index (χ1) is 64.9. The predicted octanol–water partition coefficient (Wildman–Crippen LogP) is 18.2. The van der Waals surface area contributed by atoms with Gasteiger partial charge in [0.15, 0.2) is 0 Å². The zero-order valence-electron chi connectivity index (χ0n) is 82.4. The highest BCUT2D eigenvalue weighted by atomic mass is 16.4. The smallest absolute Gasteiger partial charge is 0.305 e. The highest BCUT2D eigenvalue weighted by Crippen LogP contribution is 2.38. The van der Waals surface area contributed by atoms with Crippen LogP contribution < -0.4 is 43.5 Å². The van der Waals surface area contributed by atoms with Gasteiger partial charge in [0, 0.05) is 127 Å². The molecule has 28 heteroatoms. The van der Waals surface area contributed by atoms with Crippen LogP contribution >= 0.6 is 0 Å². The van der Waals surface area contributed by atoms with Gasteiger partial charge >= 0.3 is 11.9 Å². The molecule has 12 rings (SSSR count). The van der Waals surface area contributed by atoms with Gasteiger partial charge in [0.25, 0.3) is 22.2 Å². The second kappa shape index (κ2) is 49.2. The number of Topliss-reactive ketones (excluding diaryl/α,β-unsaturated/α-hetero) is 2. The number of aliphatic carboxylic acids is 2. The molecular formula is C109H132N14O14. The molecule has 0 saturated heterocycles. The van der Waals surface area contributed by atoms with Crippen LogP contribution in [0.5, 0.6) is 0 Å². The molecule has 8 atom stereocenters. The fourth-order valence-electron chi connectivity index (χ4n) is 17.3. The van der Waals surface area contributed by atoms with Crippen LogP contribution in [0.2, 0.25) is 0 Å². The van der Waals surface area contributed by atoms with Gasteiger partial charge in [0.05, 0.1) is 48.4 Å². The van der Waals surface area contributed by atoms with Crippen molar-refractivity contribution in [2.75, 3.05) is 0 Å². The number of carbonyl (C=O) groups is 8. The van der Waals surface area contributed by atoms with Gasteiger partial charge in [0.2, 0.25) is 23.6 Å². The second-order valence-electron chi connectivity index (χ2n) is 37.4. The molecule has 0 spiro atoms. The van der Waals surface area contributed by atoms with Crippen molar-refractivity contribution in [3.63, 3.8) is 0 Å². The molecule has 0 radical (unpaired) electrons. The minimum Gasteiger partial charge on any atom is -0.481 e. The number of aromatic amines is 1. The van der Waals surface area contributed by atoms with Crippen molar-refractivity contribution in [3.8, 4) is 33.4 Å². The lowest BCUT2D eigenvalue weighted by molar-refractivity contribution is -0.139. The maximum atomic E-state index is 13.5. The summed E-state index contributed by atoms with van der Waals surface area (Å²) in [5, 5.41) is 42.9. The molecule has 0 bridgehead atoms. The zero-order valence-corrected chi connectivity index (χ0v) is 82.4. The summed E-state index contributed by atoms with van der Waals surface area (Å²) in [6.07, 6.45) is 16.0. The molecular weight excluding hydrogens is 1730 g/mol. The average Bonchev–Trinajstić information content (AvgIpc) is 1.72. The second-order valence-corrected chi connectivity index (χ2v) is 37.4. The number of carbonyl (C=O) groups excluding carboxylic acids is 6. The minimum atomic E-state index is -1.05. The normalized spacial score (nSPS) is 13.6. The first-order valence-electron chi connectivity index (χ1n) is 46.5. The van der Waals surface area contributed by atoms with Crippen molar-refractivity contribution in [2.45, 2.75) is 238 Å². The molecule has 0 fully saturated rings. The van der Waals surface area contributed by atoms with E-state index >= 15 is 0 Å². The lowest BCUT2D eigenvalue weighted by atomic mass is 9.86. The molecule has 3 aromatic carbocycles. The SMILES string of the molecule is C=C1CC(C)=C(c2cccc([C@H](CC(=O)O)NC(=O)[C@@H](CC(C)C)n3ccccc3=O)c2)C=C1C.CC(=O)C[C@H](NC(=O)[C@H](CC(C)C)n1ccccc1=O)c1cccc(-c2c(C)n[nH]c2C)c1.CC(=O)C[C@H](NC(=O)[C@H](CC(C)C)n1ccccc1=O)c1cccc(-c2c(C)nn(C)c2C)c1.Cc1ccn(C(CC(C)C)C(=O)N[C@@H](CC(=O)O)c2cncc(-c3c(C)ccnc3C)c2)c(=O)c1. The van der Waals surface area contributed by atoms with Gasteiger partial charge in [-0.1, -0.05) is 146 Å². The highest BCUT2D eigenvalue weighted by molar-refractivity contribution is 5.86. The molecule has 11 aromatic rings. The summed E-state index contributed by atoms with van der Waals surface area (Å²) in [6.45, 7) is 40.8. The third kappa shape index (κ3) is 29.5. The Kier molecular flexibility index (Phi) is 38.1. The van der Waals surface area contributed by atoms with E-state index in [2.05, 4.69) is 66.1 Å². The Labute approximate surface area is 801 Å². The summed E-state index contributed by atoms with van der Waals surface area (Å²) in [7, 11) is 1.91. The molecule has 28 nitrogen and oxygen atoms in total. The van der Waals surface area contributed by atoms with E-state index in [1.807, 2.05) is 207 Å². The number of nitrogens with zero attached hydrogens (tertiary/aromatic N) is 9. The third-order valence-electron chi connectivity index (χ3n) is 24.0. The molecule has 137 heavy (non-hydrogen) atoms. The summed E-state index contributed by atoms with van der Waals surface area (Å²) >= 11 is 0. The molecule has 0 saturated carbocycles. The topological polar surface area (TPSA) is 385 Å². The van der Waals surface area contributed by atoms with E-state index < -0.39 is 66.2 Å². The van der Waals surface area contributed by atoms with E-state index in [0.29, 0.717) is 36.8 Å². The van der Waals surface area contributed by atoms with E-state index in [1.165, 1.54) is 62.0 Å². The summed E-state index contributed by atoms with van der Waals surface area (Å²) in [4.78, 5) is 160. The standard InChI is InChI=1S/C29H34N2O4.C27H32N4O4.C27H34N4O3.C26H32N4O3/c1-18(2)13-26(31-12-7-6-11-27(31)32)29(35)30-25(17-28(33)34)23-10-8-9-22(16-23)24-15-20(4)19(3)14-21(24)5;1-16(2)10-23(31-9-7-17(3)11-24(31)32)27(35)30-22(13-25(33)34)20-12-21(15-28-14-20)26-18(4)6-8-29-19(26)5;1-17(2)14-24(31-13-8-7-12-25(31)33)27(34)28-23(15-18(3)32)21-10-9-11-22(16-21)26-19(4)29-30(6)20(26)5;1-16(2)13-23(30-12-7-6-11-24(30)32)26(33)27-22(14-17(3)31)20-9-8-10-21(15-20)25-18(4)28-29-19(25)5/h6-12,15-16,18,25-26H,3,13-14,17H2,1-2,4-5H3,(H,30,35)(H,33,34);6-9,11-12,14-16,22-23H,10,13H2,1-5H3,(H,30,35)(H,33,34);7-13,16-17,23-24H,14-15H2,1-6H3,(H,28,34);6-12,15-16,22-23H,13-14H2,1-5H3,(H,27,33)(H,28,29)/t25-,26+;22-,23?;23-,24-;22-,23-/m0000/s1. The lowest BCUT2D eigenvalue weighted by Crippen LogP contribution is -2.40. The van der Waals surface area contributed by atoms with Gasteiger partial charge in [-0.2, -0.15) is 10.2 Å². The molecule has 8 aromatic heterocycles. The maximum Gasteiger partial charge on any atom is 0.305 e. The van der Waals surface area contributed by atoms with Crippen LogP contribution in [-0.2, 0) is 45.4 Å². The summed E-state index contributed by atoms with van der Waals surface area (Å²) in [6, 6.07) is 39.5. The zero-order chi connectivity index (χ0) is 101. The number of amides is 4. The third-order valence-corrected chi connectivity index (χ3v) is 24.0. The summed E-state index contributed by atoms with van der Waals surface area (Å²) < 4.78 is 7.62. The van der Waals surface area contributed by atoms with Gasteiger partial charge in [-0.3, -0.25) is 77.3 Å². The van der Waals surface area contributed by atoms with Gasteiger partial charge in [-0.05, 0) is 253 Å². The minimum absolute atomic E-state index is 0.0262. The number of rotatable bonds is 36. The number of nitrogens with one attached hydrogen (secondary N) is 5.